The zero-order chi connectivity index (χ0) is 8.81. The van der Waals surface area contributed by atoms with E-state index in [1.165, 1.54) is 12.3 Å². The van der Waals surface area contributed by atoms with Crippen LogP contribution >= 0.6 is 11.8 Å². The molecule has 12 heavy (non-hydrogen) atoms. The van der Waals surface area contributed by atoms with Crippen molar-refractivity contribution in [2.24, 2.45) is 0 Å². The van der Waals surface area contributed by atoms with Crippen LogP contribution in [0.4, 0.5) is 0 Å². The Kier molecular flexibility index (Phi) is 3.87. The molecule has 1 heterocycles. The summed E-state index contributed by atoms with van der Waals surface area (Å²) >= 11 is 1.79. The summed E-state index contributed by atoms with van der Waals surface area (Å²) in [7, 11) is 0. The van der Waals surface area contributed by atoms with Gasteiger partial charge in [-0.25, -0.2) is 4.98 Å². The van der Waals surface area contributed by atoms with Crippen molar-refractivity contribution in [3.8, 4) is 0 Å². The van der Waals surface area contributed by atoms with Crippen LogP contribution in [0.5, 0.6) is 0 Å². The monoisotopic (exact) mass is 184 g/mol. The SMILES string of the molecule is CSCCCn1cnccc1=O. The minimum Gasteiger partial charge on any atom is -0.299 e. The van der Waals surface area contributed by atoms with Gasteiger partial charge in [0.1, 0.15) is 0 Å². The summed E-state index contributed by atoms with van der Waals surface area (Å²) < 4.78 is 1.64. The summed E-state index contributed by atoms with van der Waals surface area (Å²) in [6, 6.07) is 1.49. The molecule has 0 aliphatic rings. The van der Waals surface area contributed by atoms with Gasteiger partial charge in [0, 0.05) is 18.8 Å². The van der Waals surface area contributed by atoms with Crippen LogP contribution in [0, 0.1) is 0 Å². The van der Waals surface area contributed by atoms with Gasteiger partial charge < -0.3 is 0 Å². The Labute approximate surface area is 75.8 Å². The van der Waals surface area contributed by atoms with Crippen molar-refractivity contribution < 1.29 is 0 Å². The Morgan fingerprint density at radius 3 is 3.17 bits per heavy atom. The van der Waals surface area contributed by atoms with E-state index in [1.54, 1.807) is 22.7 Å². The van der Waals surface area contributed by atoms with E-state index >= 15 is 0 Å². The molecule has 0 bridgehead atoms. The second kappa shape index (κ2) is 4.98. The van der Waals surface area contributed by atoms with Crippen LogP contribution in [-0.2, 0) is 6.54 Å². The normalized spacial score (nSPS) is 10.1. The van der Waals surface area contributed by atoms with Crippen LogP contribution in [-0.4, -0.2) is 21.6 Å². The van der Waals surface area contributed by atoms with Gasteiger partial charge in [0.05, 0.1) is 6.33 Å². The second-order valence-electron chi connectivity index (χ2n) is 2.46. The lowest BCUT2D eigenvalue weighted by molar-refractivity contribution is 0.645. The molecular weight excluding hydrogens is 172 g/mol. The van der Waals surface area contributed by atoms with Crippen LogP contribution in [0.2, 0.25) is 0 Å². The summed E-state index contributed by atoms with van der Waals surface area (Å²) in [5.41, 5.74) is 0.0334. The Hall–Kier alpha value is -0.770. The molecule has 0 saturated carbocycles. The zero-order valence-electron chi connectivity index (χ0n) is 7.06. The first-order chi connectivity index (χ1) is 5.84. The standard InChI is InChI=1S/C8H12N2OS/c1-12-6-2-5-10-7-9-4-3-8(10)11/h3-4,7H,2,5-6H2,1H3. The predicted octanol–water partition coefficient (Wildman–Crippen LogP) is 0.996. The van der Waals surface area contributed by atoms with Crippen LogP contribution in [0.1, 0.15) is 6.42 Å². The Balaban J connectivity index is 2.52. The highest BCUT2D eigenvalue weighted by molar-refractivity contribution is 7.98. The third-order valence-electron chi connectivity index (χ3n) is 1.54. The molecule has 3 nitrogen and oxygen atoms in total. The molecule has 0 unspecified atom stereocenters. The van der Waals surface area contributed by atoms with Crippen LogP contribution in [0.3, 0.4) is 0 Å². The summed E-state index contributed by atoms with van der Waals surface area (Å²) in [6.07, 6.45) is 6.19. The van der Waals surface area contributed by atoms with Crippen LogP contribution in [0.15, 0.2) is 23.4 Å². The molecule has 0 N–H and O–H groups in total. The average molecular weight is 184 g/mol. The van der Waals surface area contributed by atoms with Crippen LogP contribution in [0.25, 0.3) is 0 Å². The molecule has 4 heteroatoms. The van der Waals surface area contributed by atoms with Crippen molar-refractivity contribution in [3.63, 3.8) is 0 Å². The number of aryl methyl sites for hydroxylation is 1. The van der Waals surface area contributed by atoms with Crippen molar-refractivity contribution >= 4 is 11.8 Å². The van der Waals surface area contributed by atoms with Gasteiger partial charge in [-0.2, -0.15) is 11.8 Å². The fourth-order valence-corrected chi connectivity index (χ4v) is 1.34. The van der Waals surface area contributed by atoms with Gasteiger partial charge in [-0.1, -0.05) is 0 Å². The number of aromatic nitrogens is 2. The molecule has 0 aromatic carbocycles. The summed E-state index contributed by atoms with van der Waals surface area (Å²) in [5.74, 6) is 1.08. The van der Waals surface area contributed by atoms with Gasteiger partial charge in [-0.3, -0.25) is 9.36 Å². The topological polar surface area (TPSA) is 34.9 Å². The largest absolute Gasteiger partial charge is 0.299 e. The number of nitrogens with zero attached hydrogens (tertiary/aromatic N) is 2. The second-order valence-corrected chi connectivity index (χ2v) is 3.44. The maximum absolute atomic E-state index is 11.1. The lowest BCUT2D eigenvalue weighted by atomic mass is 10.4. The van der Waals surface area contributed by atoms with Crippen molar-refractivity contribution in [1.82, 2.24) is 9.55 Å². The van der Waals surface area contributed by atoms with Crippen molar-refractivity contribution in [2.75, 3.05) is 12.0 Å². The first-order valence-electron chi connectivity index (χ1n) is 3.84. The van der Waals surface area contributed by atoms with Crippen molar-refractivity contribution in [1.29, 1.82) is 0 Å². The van der Waals surface area contributed by atoms with Crippen molar-refractivity contribution in [3.05, 3.63) is 28.9 Å². The third-order valence-corrected chi connectivity index (χ3v) is 2.24. The van der Waals surface area contributed by atoms with Gasteiger partial charge in [-0.05, 0) is 18.4 Å². The lowest BCUT2D eigenvalue weighted by Crippen LogP contribution is -2.18. The number of hydrogen-bond donors (Lipinski definition) is 0. The third kappa shape index (κ3) is 2.70. The molecule has 0 atom stereocenters. The molecule has 0 radical (unpaired) electrons. The average Bonchev–Trinajstić information content (AvgIpc) is 2.09. The van der Waals surface area contributed by atoms with Gasteiger partial charge in [0.2, 0.25) is 0 Å². The molecule has 0 spiro atoms. The number of hydrogen-bond acceptors (Lipinski definition) is 3. The van der Waals surface area contributed by atoms with E-state index in [0.29, 0.717) is 0 Å². The molecule has 66 valence electrons. The van der Waals surface area contributed by atoms with Crippen LogP contribution < -0.4 is 5.56 Å². The van der Waals surface area contributed by atoms with E-state index in [0.717, 1.165) is 18.7 Å². The van der Waals surface area contributed by atoms with E-state index in [2.05, 4.69) is 11.2 Å². The highest BCUT2D eigenvalue weighted by Crippen LogP contribution is 1.96. The smallest absolute Gasteiger partial charge is 0.253 e. The van der Waals surface area contributed by atoms with E-state index in [1.807, 2.05) is 0 Å². The maximum atomic E-state index is 11.1. The molecule has 0 aliphatic heterocycles. The molecule has 1 rings (SSSR count). The zero-order valence-corrected chi connectivity index (χ0v) is 7.88. The number of rotatable bonds is 4. The fraction of sp³-hybridized carbons (Fsp3) is 0.500. The summed E-state index contributed by atoms with van der Waals surface area (Å²) in [6.45, 7) is 0.771. The maximum Gasteiger partial charge on any atom is 0.253 e. The van der Waals surface area contributed by atoms with E-state index in [4.69, 9.17) is 0 Å². The molecule has 1 aromatic rings. The molecular formula is C8H12N2OS. The van der Waals surface area contributed by atoms with E-state index in [9.17, 15) is 4.79 Å². The predicted molar refractivity (Wildman–Crippen MR) is 51.5 cm³/mol. The molecule has 0 fully saturated rings. The van der Waals surface area contributed by atoms with Gasteiger partial charge >= 0.3 is 0 Å². The molecule has 0 saturated heterocycles. The lowest BCUT2D eigenvalue weighted by Gasteiger charge is -2.01. The number of thioether (sulfide) groups is 1. The highest BCUT2D eigenvalue weighted by Gasteiger charge is 1.92. The molecule has 1 aromatic heterocycles. The van der Waals surface area contributed by atoms with E-state index < -0.39 is 0 Å². The first kappa shape index (κ1) is 9.32. The first-order valence-corrected chi connectivity index (χ1v) is 5.23. The summed E-state index contributed by atoms with van der Waals surface area (Å²) in [4.78, 5) is 15.0. The van der Waals surface area contributed by atoms with Gasteiger partial charge in [0.25, 0.3) is 5.56 Å². The molecule has 0 amide bonds. The van der Waals surface area contributed by atoms with Gasteiger partial charge in [-0.15, -0.1) is 0 Å². The Morgan fingerprint density at radius 1 is 1.67 bits per heavy atom. The quantitative estimate of drug-likeness (QED) is 0.655. The minimum absolute atomic E-state index is 0.0334. The van der Waals surface area contributed by atoms with Gasteiger partial charge in [0.15, 0.2) is 0 Å². The Morgan fingerprint density at radius 2 is 2.50 bits per heavy atom. The summed E-state index contributed by atoms with van der Waals surface area (Å²) in [5, 5.41) is 0. The van der Waals surface area contributed by atoms with Crippen molar-refractivity contribution in [2.45, 2.75) is 13.0 Å². The highest BCUT2D eigenvalue weighted by atomic mass is 32.2. The van der Waals surface area contributed by atoms with E-state index in [-0.39, 0.29) is 5.56 Å². The molecule has 0 aliphatic carbocycles. The fourth-order valence-electron chi connectivity index (χ4n) is 0.926. The minimum atomic E-state index is 0.0334. The Bertz CT molecular complexity index is 284.